The van der Waals surface area contributed by atoms with Crippen molar-refractivity contribution >= 4 is 15.8 Å². The van der Waals surface area contributed by atoms with Crippen LogP contribution in [-0.4, -0.2) is 36.4 Å². The van der Waals surface area contributed by atoms with E-state index in [0.29, 0.717) is 24.6 Å². The zero-order valence-electron chi connectivity index (χ0n) is 16.5. The molecule has 2 aromatic rings. The molecular formula is C20H26FN3O3S. The number of hydrogen-bond donors (Lipinski definition) is 1. The van der Waals surface area contributed by atoms with E-state index < -0.39 is 10.0 Å². The molecular weight excluding hydrogens is 381 g/mol. The standard InChI is InChI=1S/C20H26FN3O3S/c1-13(2)24(14(3)4)28(25,26)16-6-8-20(22-12-16)23-18-9-10-27-19-7-5-15(21)11-17(18)19/h5-8,11-14,18H,9-10H2,1-4H3,(H,22,23). The van der Waals surface area contributed by atoms with Gasteiger partial charge in [-0.05, 0) is 58.0 Å². The van der Waals surface area contributed by atoms with Crippen LogP contribution in [0.1, 0.15) is 45.7 Å². The van der Waals surface area contributed by atoms with Crippen molar-refractivity contribution in [2.24, 2.45) is 0 Å². The number of fused-ring (bicyclic) bond motifs is 1. The summed E-state index contributed by atoms with van der Waals surface area (Å²) in [4.78, 5) is 4.44. The number of nitrogens with zero attached hydrogens (tertiary/aromatic N) is 2. The number of halogens is 1. The first-order valence-electron chi connectivity index (χ1n) is 9.38. The first-order valence-corrected chi connectivity index (χ1v) is 10.8. The van der Waals surface area contributed by atoms with Crippen molar-refractivity contribution in [2.45, 2.75) is 57.1 Å². The van der Waals surface area contributed by atoms with Crippen molar-refractivity contribution in [1.29, 1.82) is 0 Å². The highest BCUT2D eigenvalue weighted by molar-refractivity contribution is 7.89. The van der Waals surface area contributed by atoms with Crippen LogP contribution in [0.5, 0.6) is 5.75 Å². The summed E-state index contributed by atoms with van der Waals surface area (Å²) in [7, 11) is -3.63. The first-order chi connectivity index (χ1) is 13.2. The summed E-state index contributed by atoms with van der Waals surface area (Å²) in [5.74, 6) is 0.850. The number of aromatic nitrogens is 1. The first kappa shape index (κ1) is 20.5. The zero-order chi connectivity index (χ0) is 20.5. The van der Waals surface area contributed by atoms with E-state index in [-0.39, 0.29) is 28.8 Å². The average molecular weight is 408 g/mol. The van der Waals surface area contributed by atoms with Crippen molar-refractivity contribution < 1.29 is 17.5 Å². The van der Waals surface area contributed by atoms with Gasteiger partial charge in [-0.15, -0.1) is 0 Å². The normalized spacial score (nSPS) is 16.9. The van der Waals surface area contributed by atoms with Gasteiger partial charge in [0.1, 0.15) is 22.3 Å². The van der Waals surface area contributed by atoms with E-state index in [0.717, 1.165) is 5.56 Å². The van der Waals surface area contributed by atoms with Gasteiger partial charge in [0, 0.05) is 30.3 Å². The van der Waals surface area contributed by atoms with Gasteiger partial charge in [-0.3, -0.25) is 0 Å². The van der Waals surface area contributed by atoms with Crippen LogP contribution in [0, 0.1) is 5.82 Å². The largest absolute Gasteiger partial charge is 0.493 e. The Morgan fingerprint density at radius 2 is 1.89 bits per heavy atom. The molecule has 1 N–H and O–H groups in total. The van der Waals surface area contributed by atoms with Crippen molar-refractivity contribution in [1.82, 2.24) is 9.29 Å². The van der Waals surface area contributed by atoms with Crippen LogP contribution in [0.3, 0.4) is 0 Å². The van der Waals surface area contributed by atoms with E-state index in [1.54, 1.807) is 18.2 Å². The molecule has 152 valence electrons. The van der Waals surface area contributed by atoms with Crippen molar-refractivity contribution in [3.63, 3.8) is 0 Å². The summed E-state index contributed by atoms with van der Waals surface area (Å²) in [5.41, 5.74) is 0.732. The molecule has 0 aliphatic carbocycles. The average Bonchev–Trinajstić information content (AvgIpc) is 2.61. The Hall–Kier alpha value is -2.19. The molecule has 1 aromatic carbocycles. The Morgan fingerprint density at radius 3 is 2.50 bits per heavy atom. The van der Waals surface area contributed by atoms with Crippen LogP contribution in [0.25, 0.3) is 0 Å². The number of rotatable bonds is 6. The van der Waals surface area contributed by atoms with Gasteiger partial charge < -0.3 is 10.1 Å². The Morgan fingerprint density at radius 1 is 1.18 bits per heavy atom. The summed E-state index contributed by atoms with van der Waals surface area (Å²) in [6, 6.07) is 7.16. The monoisotopic (exact) mass is 407 g/mol. The smallest absolute Gasteiger partial charge is 0.245 e. The molecule has 8 heteroatoms. The highest BCUT2D eigenvalue weighted by Crippen LogP contribution is 2.34. The van der Waals surface area contributed by atoms with Crippen LogP contribution in [0.4, 0.5) is 10.2 Å². The molecule has 1 aromatic heterocycles. The van der Waals surface area contributed by atoms with Gasteiger partial charge in [0.2, 0.25) is 10.0 Å². The second-order valence-electron chi connectivity index (χ2n) is 7.42. The molecule has 1 aliphatic heterocycles. The van der Waals surface area contributed by atoms with Crippen LogP contribution < -0.4 is 10.1 Å². The maximum absolute atomic E-state index is 13.6. The molecule has 0 saturated carbocycles. The van der Waals surface area contributed by atoms with Gasteiger partial charge in [-0.1, -0.05) is 0 Å². The lowest BCUT2D eigenvalue weighted by Gasteiger charge is -2.29. The lowest BCUT2D eigenvalue weighted by Crippen LogP contribution is -2.41. The SMILES string of the molecule is CC(C)N(C(C)C)S(=O)(=O)c1ccc(NC2CCOc3ccc(F)cc32)nc1. The Bertz CT molecular complexity index is 922. The third-order valence-electron chi connectivity index (χ3n) is 4.66. The Labute approximate surface area is 165 Å². The fraction of sp³-hybridized carbons (Fsp3) is 0.450. The van der Waals surface area contributed by atoms with Crippen molar-refractivity contribution in [2.75, 3.05) is 11.9 Å². The van der Waals surface area contributed by atoms with Gasteiger partial charge in [0.25, 0.3) is 0 Å². The number of pyridine rings is 1. The molecule has 1 unspecified atom stereocenters. The van der Waals surface area contributed by atoms with E-state index in [1.165, 1.54) is 22.6 Å². The van der Waals surface area contributed by atoms with Crippen LogP contribution in [0.15, 0.2) is 41.4 Å². The Kier molecular flexibility index (Phi) is 5.90. The summed E-state index contributed by atoms with van der Waals surface area (Å²) < 4.78 is 46.5. The van der Waals surface area contributed by atoms with Gasteiger partial charge in [0.05, 0.1) is 12.6 Å². The molecule has 0 radical (unpaired) electrons. The lowest BCUT2D eigenvalue weighted by molar-refractivity contribution is 0.273. The fourth-order valence-electron chi connectivity index (χ4n) is 3.59. The number of nitrogens with one attached hydrogen (secondary N) is 1. The molecule has 1 aliphatic rings. The zero-order valence-corrected chi connectivity index (χ0v) is 17.3. The molecule has 0 spiro atoms. The fourth-order valence-corrected chi connectivity index (χ4v) is 5.36. The van der Waals surface area contributed by atoms with Crippen molar-refractivity contribution in [3.05, 3.63) is 47.9 Å². The van der Waals surface area contributed by atoms with E-state index in [2.05, 4.69) is 10.3 Å². The minimum absolute atomic E-state index is 0.152. The second-order valence-corrected chi connectivity index (χ2v) is 9.26. The topological polar surface area (TPSA) is 71.5 Å². The molecule has 28 heavy (non-hydrogen) atoms. The molecule has 6 nitrogen and oxygen atoms in total. The molecule has 3 rings (SSSR count). The minimum atomic E-state index is -3.63. The summed E-state index contributed by atoms with van der Waals surface area (Å²) >= 11 is 0. The maximum Gasteiger partial charge on any atom is 0.245 e. The molecule has 0 amide bonds. The summed E-state index contributed by atoms with van der Waals surface area (Å²) in [6.45, 7) is 7.91. The van der Waals surface area contributed by atoms with Gasteiger partial charge in [-0.2, -0.15) is 4.31 Å². The van der Waals surface area contributed by atoms with E-state index in [1.807, 2.05) is 27.7 Å². The predicted octanol–water partition coefficient (Wildman–Crippen LogP) is 3.96. The summed E-state index contributed by atoms with van der Waals surface area (Å²) in [6.07, 6.45) is 2.02. The van der Waals surface area contributed by atoms with Crippen LogP contribution >= 0.6 is 0 Å². The van der Waals surface area contributed by atoms with E-state index in [4.69, 9.17) is 4.74 Å². The van der Waals surface area contributed by atoms with E-state index >= 15 is 0 Å². The minimum Gasteiger partial charge on any atom is -0.493 e. The third kappa shape index (κ3) is 4.12. The van der Waals surface area contributed by atoms with Crippen LogP contribution in [-0.2, 0) is 10.0 Å². The maximum atomic E-state index is 13.6. The molecule has 0 saturated heterocycles. The van der Waals surface area contributed by atoms with Gasteiger partial charge in [0.15, 0.2) is 0 Å². The predicted molar refractivity (Wildman–Crippen MR) is 106 cm³/mol. The van der Waals surface area contributed by atoms with E-state index in [9.17, 15) is 12.8 Å². The van der Waals surface area contributed by atoms with Crippen molar-refractivity contribution in [3.8, 4) is 5.75 Å². The number of sulfonamides is 1. The second kappa shape index (κ2) is 8.05. The third-order valence-corrected chi connectivity index (χ3v) is 6.90. The van der Waals surface area contributed by atoms with Crippen LogP contribution in [0.2, 0.25) is 0 Å². The number of ether oxygens (including phenoxy) is 1. The lowest BCUT2D eigenvalue weighted by atomic mass is 10.0. The number of anilines is 1. The molecule has 1 atom stereocenters. The Balaban J connectivity index is 1.82. The highest BCUT2D eigenvalue weighted by atomic mass is 32.2. The molecule has 2 heterocycles. The molecule has 0 bridgehead atoms. The highest BCUT2D eigenvalue weighted by Gasteiger charge is 2.30. The van der Waals surface area contributed by atoms with Gasteiger partial charge >= 0.3 is 0 Å². The quantitative estimate of drug-likeness (QED) is 0.785. The summed E-state index contributed by atoms with van der Waals surface area (Å²) in [5, 5.41) is 3.25. The van der Waals surface area contributed by atoms with Gasteiger partial charge in [-0.25, -0.2) is 17.8 Å². The number of hydrogen-bond acceptors (Lipinski definition) is 5. The molecule has 0 fully saturated rings. The number of benzene rings is 1.